The quantitative estimate of drug-likeness (QED) is 0.584. The molecule has 3 N–H and O–H groups in total. The standard InChI is InChI=1S/C20H23N5O3.C2HF3O2/c26-19(12-3-2-6-21-7-12)22-8-13-11-28-17-10-25(9-15(13)17)20(27)18-14-4-1-5-16(14)23-24-18;3-2(4,5)1(6)7/h2-3,6-7,13,15,17H,1,4-5,8-11H2,(H,22,26)(H,23,24);(H,6,7)/t13-,15+,17+;/m0./s1. The molecule has 2 amide bonds. The number of nitrogens with zero attached hydrogens (tertiary/aromatic N) is 3. The summed E-state index contributed by atoms with van der Waals surface area (Å²) in [7, 11) is 0. The third kappa shape index (κ3) is 5.45. The van der Waals surface area contributed by atoms with Crippen molar-refractivity contribution in [2.75, 3.05) is 26.2 Å². The smallest absolute Gasteiger partial charge is 0.475 e. The van der Waals surface area contributed by atoms with Crippen LogP contribution in [0.5, 0.6) is 0 Å². The molecule has 2 aliphatic heterocycles. The molecule has 13 heteroatoms. The minimum Gasteiger partial charge on any atom is -0.475 e. The lowest BCUT2D eigenvalue weighted by molar-refractivity contribution is -0.192. The number of carbonyl (C=O) groups excluding carboxylic acids is 2. The average Bonchev–Trinajstić information content (AvgIpc) is 3.59. The van der Waals surface area contributed by atoms with E-state index in [0.29, 0.717) is 37.5 Å². The van der Waals surface area contributed by atoms with Crippen molar-refractivity contribution in [2.45, 2.75) is 31.5 Å². The topological polar surface area (TPSA) is 138 Å². The van der Waals surface area contributed by atoms with Crippen LogP contribution < -0.4 is 5.32 Å². The number of pyridine rings is 1. The molecule has 0 aromatic carbocycles. The Morgan fingerprint density at radius 2 is 2.03 bits per heavy atom. The molecule has 1 aliphatic carbocycles. The van der Waals surface area contributed by atoms with Crippen LogP contribution >= 0.6 is 0 Å². The Balaban J connectivity index is 0.000000364. The summed E-state index contributed by atoms with van der Waals surface area (Å²) in [6.07, 6.45) is 1.13. The Morgan fingerprint density at radius 3 is 2.71 bits per heavy atom. The maximum atomic E-state index is 13.0. The lowest BCUT2D eigenvalue weighted by Gasteiger charge is -2.20. The van der Waals surface area contributed by atoms with Crippen molar-refractivity contribution in [1.82, 2.24) is 25.4 Å². The number of fused-ring (bicyclic) bond motifs is 2. The van der Waals surface area contributed by atoms with Crippen LogP contribution in [0.3, 0.4) is 0 Å². The summed E-state index contributed by atoms with van der Waals surface area (Å²) < 4.78 is 37.7. The van der Waals surface area contributed by atoms with E-state index >= 15 is 0 Å². The van der Waals surface area contributed by atoms with E-state index in [1.54, 1.807) is 24.5 Å². The van der Waals surface area contributed by atoms with Gasteiger partial charge in [-0.1, -0.05) is 0 Å². The van der Waals surface area contributed by atoms with Crippen LogP contribution in [0.4, 0.5) is 13.2 Å². The number of aryl methyl sites for hydroxylation is 1. The van der Waals surface area contributed by atoms with E-state index < -0.39 is 12.1 Å². The van der Waals surface area contributed by atoms with Crippen molar-refractivity contribution in [3.8, 4) is 0 Å². The Bertz CT molecular complexity index is 1090. The largest absolute Gasteiger partial charge is 0.490 e. The molecule has 3 atom stereocenters. The fourth-order valence-electron chi connectivity index (χ4n) is 4.64. The van der Waals surface area contributed by atoms with Gasteiger partial charge in [-0.3, -0.25) is 19.7 Å². The number of amides is 2. The molecule has 35 heavy (non-hydrogen) atoms. The third-order valence-corrected chi connectivity index (χ3v) is 6.43. The molecule has 0 radical (unpaired) electrons. The van der Waals surface area contributed by atoms with Gasteiger partial charge in [-0.05, 0) is 31.4 Å². The van der Waals surface area contributed by atoms with Crippen molar-refractivity contribution in [3.63, 3.8) is 0 Å². The number of H-pyrrole nitrogens is 1. The van der Waals surface area contributed by atoms with Gasteiger partial charge in [0.15, 0.2) is 5.69 Å². The number of carboxylic acids is 1. The number of ether oxygens (including phenoxy) is 1. The van der Waals surface area contributed by atoms with Crippen molar-refractivity contribution in [1.29, 1.82) is 0 Å². The van der Waals surface area contributed by atoms with Gasteiger partial charge in [0.2, 0.25) is 0 Å². The highest BCUT2D eigenvalue weighted by molar-refractivity contribution is 5.94. The van der Waals surface area contributed by atoms with E-state index in [9.17, 15) is 22.8 Å². The molecular formula is C22H24F3N5O5. The molecule has 2 aromatic rings. The van der Waals surface area contributed by atoms with E-state index in [-0.39, 0.29) is 29.8 Å². The van der Waals surface area contributed by atoms with Crippen LogP contribution in [0.15, 0.2) is 24.5 Å². The molecular weight excluding hydrogens is 471 g/mol. The van der Waals surface area contributed by atoms with E-state index in [0.717, 1.165) is 30.5 Å². The maximum absolute atomic E-state index is 13.0. The van der Waals surface area contributed by atoms with E-state index in [1.165, 1.54) is 0 Å². The molecule has 188 valence electrons. The van der Waals surface area contributed by atoms with Crippen LogP contribution in [-0.2, 0) is 22.4 Å². The first kappa shape index (κ1) is 24.6. The number of hydrogen-bond acceptors (Lipinski definition) is 6. The highest BCUT2D eigenvalue weighted by Gasteiger charge is 2.46. The Morgan fingerprint density at radius 1 is 1.26 bits per heavy atom. The summed E-state index contributed by atoms with van der Waals surface area (Å²) in [5.41, 5.74) is 3.32. The first-order valence-electron chi connectivity index (χ1n) is 11.1. The van der Waals surface area contributed by atoms with E-state index in [1.807, 2.05) is 4.90 Å². The number of alkyl halides is 3. The van der Waals surface area contributed by atoms with Gasteiger partial charge >= 0.3 is 12.1 Å². The lowest BCUT2D eigenvalue weighted by atomic mass is 9.93. The van der Waals surface area contributed by atoms with Crippen LogP contribution in [-0.4, -0.2) is 81.5 Å². The van der Waals surface area contributed by atoms with Crippen molar-refractivity contribution >= 4 is 17.8 Å². The molecule has 0 saturated carbocycles. The van der Waals surface area contributed by atoms with Gasteiger partial charge in [0.05, 0.1) is 18.3 Å². The second kappa shape index (κ2) is 10.0. The van der Waals surface area contributed by atoms with Gasteiger partial charge < -0.3 is 20.1 Å². The van der Waals surface area contributed by atoms with Gasteiger partial charge in [-0.15, -0.1) is 0 Å². The second-order valence-corrected chi connectivity index (χ2v) is 8.64. The highest BCUT2D eigenvalue weighted by Crippen LogP contribution is 2.34. The minimum atomic E-state index is -5.08. The Labute approximate surface area is 197 Å². The highest BCUT2D eigenvalue weighted by atomic mass is 19.4. The summed E-state index contributed by atoms with van der Waals surface area (Å²) in [5, 5.41) is 17.4. The molecule has 5 rings (SSSR count). The number of aliphatic carboxylic acids is 1. The fourth-order valence-corrected chi connectivity index (χ4v) is 4.64. The van der Waals surface area contributed by atoms with Crippen molar-refractivity contribution in [3.05, 3.63) is 47.0 Å². The number of nitrogens with one attached hydrogen (secondary N) is 2. The summed E-state index contributed by atoms with van der Waals surface area (Å²) in [6.45, 7) is 2.40. The molecule has 4 heterocycles. The first-order valence-corrected chi connectivity index (χ1v) is 11.1. The Hall–Kier alpha value is -3.48. The summed E-state index contributed by atoms with van der Waals surface area (Å²) >= 11 is 0. The number of carbonyl (C=O) groups is 3. The zero-order valence-corrected chi connectivity index (χ0v) is 18.5. The molecule has 0 spiro atoms. The molecule has 0 bridgehead atoms. The molecule has 2 aromatic heterocycles. The van der Waals surface area contributed by atoms with Gasteiger partial charge in [0.1, 0.15) is 0 Å². The van der Waals surface area contributed by atoms with Crippen LogP contribution in [0, 0.1) is 11.8 Å². The molecule has 2 saturated heterocycles. The van der Waals surface area contributed by atoms with Gasteiger partial charge in [0.25, 0.3) is 11.8 Å². The SMILES string of the molecule is O=C(NC[C@H]1CO[C@@H]2CN(C(=O)c3n[nH]c4c3CCC4)C[C@H]12)c1cccnc1.O=C(O)C(F)(F)F. The number of rotatable bonds is 4. The van der Waals surface area contributed by atoms with Gasteiger partial charge in [-0.2, -0.15) is 18.3 Å². The number of aromatic amines is 1. The molecule has 3 aliphatic rings. The van der Waals surface area contributed by atoms with Gasteiger partial charge in [0, 0.05) is 55.1 Å². The average molecular weight is 495 g/mol. The van der Waals surface area contributed by atoms with E-state index in [2.05, 4.69) is 20.5 Å². The molecule has 10 nitrogen and oxygen atoms in total. The second-order valence-electron chi connectivity index (χ2n) is 8.64. The zero-order valence-electron chi connectivity index (χ0n) is 18.5. The number of likely N-dealkylation sites (tertiary alicyclic amines) is 1. The number of carboxylic acid groups (broad SMARTS) is 1. The predicted molar refractivity (Wildman–Crippen MR) is 113 cm³/mol. The predicted octanol–water partition coefficient (Wildman–Crippen LogP) is 1.44. The molecule has 2 fully saturated rings. The maximum Gasteiger partial charge on any atom is 0.490 e. The summed E-state index contributed by atoms with van der Waals surface area (Å²) in [5.74, 6) is -2.45. The minimum absolute atomic E-state index is 0.00412. The monoisotopic (exact) mass is 495 g/mol. The number of aromatic nitrogens is 3. The van der Waals surface area contributed by atoms with Crippen molar-refractivity contribution in [2.24, 2.45) is 11.8 Å². The van der Waals surface area contributed by atoms with E-state index in [4.69, 9.17) is 14.6 Å². The summed E-state index contributed by atoms with van der Waals surface area (Å²) in [4.78, 5) is 40.0. The van der Waals surface area contributed by atoms with Crippen LogP contribution in [0.1, 0.15) is 38.5 Å². The fraction of sp³-hybridized carbons (Fsp3) is 0.500. The van der Waals surface area contributed by atoms with Crippen molar-refractivity contribution < 1.29 is 37.4 Å². The number of halogens is 3. The zero-order chi connectivity index (χ0) is 25.2. The number of hydrogen-bond donors (Lipinski definition) is 3. The summed E-state index contributed by atoms with van der Waals surface area (Å²) in [6, 6.07) is 3.49. The third-order valence-electron chi connectivity index (χ3n) is 6.43. The van der Waals surface area contributed by atoms with Gasteiger partial charge in [-0.25, -0.2) is 4.79 Å². The van der Waals surface area contributed by atoms with Crippen LogP contribution in [0.2, 0.25) is 0 Å². The normalized spacial score (nSPS) is 22.7. The van der Waals surface area contributed by atoms with Crippen LogP contribution in [0.25, 0.3) is 0 Å². The molecule has 0 unspecified atom stereocenters. The Kier molecular flexibility index (Phi) is 7.05. The lowest BCUT2D eigenvalue weighted by Crippen LogP contribution is -2.35. The first-order chi connectivity index (χ1) is 16.6.